The van der Waals surface area contributed by atoms with Crippen molar-refractivity contribution < 1.29 is 48.0 Å². The smallest absolute Gasteiger partial charge is 0.337 e. The van der Waals surface area contributed by atoms with Crippen molar-refractivity contribution in [3.8, 4) is 0 Å². The van der Waals surface area contributed by atoms with Crippen LogP contribution in [0.25, 0.3) is 0 Å². The maximum atomic E-state index is 13.3. The lowest BCUT2D eigenvalue weighted by Gasteiger charge is -2.23. The Kier molecular flexibility index (Phi) is 19.5. The molecule has 0 aliphatic heterocycles. The highest BCUT2D eigenvalue weighted by Gasteiger charge is 2.34. The zero-order valence-electron chi connectivity index (χ0n) is 43.1. The summed E-state index contributed by atoms with van der Waals surface area (Å²) in [5, 5.41) is 15.9. The number of nitrogens with zero attached hydrogens (tertiary/aromatic N) is 3. The number of nitrogen functional groups attached to an aromatic ring is 1. The number of nitrogens with one attached hydrogen (secondary N) is 2. The number of aromatic nitrogens is 3. The van der Waals surface area contributed by atoms with E-state index < -0.39 is 41.7 Å². The van der Waals surface area contributed by atoms with E-state index in [9.17, 15) is 29.1 Å². The van der Waals surface area contributed by atoms with Crippen LogP contribution in [0.15, 0.2) is 66.7 Å². The van der Waals surface area contributed by atoms with E-state index in [-0.39, 0.29) is 84.1 Å². The largest absolute Gasteiger partial charge is 0.478 e. The van der Waals surface area contributed by atoms with E-state index in [1.807, 2.05) is 83.1 Å². The van der Waals surface area contributed by atoms with Crippen molar-refractivity contribution in [2.24, 2.45) is 33.5 Å². The van der Waals surface area contributed by atoms with Crippen molar-refractivity contribution in [3.05, 3.63) is 94.8 Å². The van der Waals surface area contributed by atoms with Crippen molar-refractivity contribution in [1.29, 1.82) is 0 Å². The van der Waals surface area contributed by atoms with Crippen molar-refractivity contribution in [3.63, 3.8) is 0 Å². The van der Waals surface area contributed by atoms with E-state index in [0.29, 0.717) is 47.6 Å². The molecule has 1 aromatic heterocycles. The number of unbranched alkanes of at least 4 members (excludes halogenated alkanes) is 1. The minimum atomic E-state index is -1.15. The van der Waals surface area contributed by atoms with Gasteiger partial charge in [-0.2, -0.15) is 15.0 Å². The number of ether oxygens (including phenoxy) is 4. The van der Waals surface area contributed by atoms with Crippen molar-refractivity contribution in [2.75, 3.05) is 42.8 Å². The van der Waals surface area contributed by atoms with Gasteiger partial charge >= 0.3 is 29.8 Å². The number of carbonyl (C=O) groups excluding carboxylic acids is 4. The van der Waals surface area contributed by atoms with Crippen LogP contribution in [0.4, 0.5) is 29.0 Å². The van der Waals surface area contributed by atoms with Gasteiger partial charge in [0.25, 0.3) is 0 Å². The maximum absolute atomic E-state index is 13.3. The fourth-order valence-corrected chi connectivity index (χ4v) is 6.47. The number of aryl methyl sites for hydroxylation is 2. The molecule has 0 radical (unpaired) electrons. The summed E-state index contributed by atoms with van der Waals surface area (Å²) in [6, 6.07) is 19.4. The lowest BCUT2D eigenvalue weighted by atomic mass is 9.96. The molecule has 3 aromatic carbocycles. The predicted molar refractivity (Wildman–Crippen MR) is 270 cm³/mol. The fourth-order valence-electron chi connectivity index (χ4n) is 6.47. The number of esters is 4. The number of hydrogen-bond acceptors (Lipinski definition) is 15. The number of hydrogen-bond donors (Lipinski definition) is 4. The number of carboxylic acids is 1. The summed E-state index contributed by atoms with van der Waals surface area (Å²) in [6.45, 7) is 23.9. The minimum Gasteiger partial charge on any atom is -0.478 e. The molecule has 0 atom stereocenters. The number of carbonyl (C=O) groups is 5. The molecule has 380 valence electrons. The summed E-state index contributed by atoms with van der Waals surface area (Å²) >= 11 is 0. The first-order valence-corrected chi connectivity index (χ1v) is 23.8. The standard InChI is InChI=1S/C54H74N6O10/c1-51(2,3)30-67-45(63)40(46(64)68-31-52(4,5)6)27-35-17-22-37(23-18-35)56-49-58-43(16-14-13-15-34-21-26-39(44(61)62)42(55)29-34)59-50(60-49)57-38-24-19-36(20-25-38)28-41(47(65)69-32-53(7,8)9)48(66)70-33-54(10,11)12/h17-26,29,40-41H,13-16,27-28,30-33,55H2,1-12H3,(H,61,62)(H2,56,57,58,59,60). The van der Waals surface area contributed by atoms with E-state index in [1.54, 1.807) is 60.7 Å². The van der Waals surface area contributed by atoms with Gasteiger partial charge in [-0.15, -0.1) is 0 Å². The molecule has 0 aliphatic carbocycles. The number of benzene rings is 3. The van der Waals surface area contributed by atoms with Crippen molar-refractivity contribution >= 4 is 58.8 Å². The summed E-state index contributed by atoms with van der Waals surface area (Å²) in [5.74, 6) is -4.91. The molecule has 70 heavy (non-hydrogen) atoms. The highest BCUT2D eigenvalue weighted by molar-refractivity contribution is 5.96. The zero-order valence-corrected chi connectivity index (χ0v) is 43.1. The molecule has 16 nitrogen and oxygen atoms in total. The maximum Gasteiger partial charge on any atom is 0.337 e. The normalized spacial score (nSPS) is 12.1. The van der Waals surface area contributed by atoms with Gasteiger partial charge in [-0.25, -0.2) is 4.79 Å². The van der Waals surface area contributed by atoms with Crippen LogP contribution in [-0.2, 0) is 63.8 Å². The fraction of sp³-hybridized carbons (Fsp3) is 0.519. The second kappa shape index (κ2) is 24.3. The molecule has 0 aliphatic rings. The average molecular weight is 967 g/mol. The SMILES string of the molecule is CC(C)(C)COC(=O)C(Cc1ccc(Nc2nc(CCCCc3ccc(C(=O)O)c(N)c3)nc(Nc3ccc(CC(C(=O)OCC(C)(C)C)C(=O)OCC(C)(C)C)cc3)n2)cc1)C(=O)OCC(C)(C)C. The Labute approximate surface area is 413 Å². The van der Waals surface area contributed by atoms with E-state index in [0.717, 1.165) is 12.0 Å². The number of anilines is 5. The van der Waals surface area contributed by atoms with Gasteiger partial charge in [0.2, 0.25) is 11.9 Å². The predicted octanol–water partition coefficient (Wildman–Crippen LogP) is 9.88. The number of aromatic carboxylic acids is 1. The number of nitrogens with two attached hydrogens (primary N) is 1. The van der Waals surface area contributed by atoms with Crippen LogP contribution in [0.1, 0.15) is 129 Å². The second-order valence-corrected chi connectivity index (χ2v) is 22.7. The summed E-state index contributed by atoms with van der Waals surface area (Å²) in [7, 11) is 0. The molecule has 0 spiro atoms. The molecule has 0 fully saturated rings. The Bertz CT molecular complexity index is 2220. The van der Waals surface area contributed by atoms with Crippen molar-refractivity contribution in [2.45, 2.75) is 122 Å². The van der Waals surface area contributed by atoms with Gasteiger partial charge in [-0.05, 0) is 107 Å². The molecule has 0 saturated heterocycles. The van der Waals surface area contributed by atoms with Crippen LogP contribution in [0.5, 0.6) is 0 Å². The van der Waals surface area contributed by atoms with Crippen LogP contribution < -0.4 is 16.4 Å². The summed E-state index contributed by atoms with van der Waals surface area (Å²) in [5.41, 5.74) is 8.72. The molecule has 5 N–H and O–H groups in total. The van der Waals surface area contributed by atoms with Gasteiger partial charge in [0.15, 0.2) is 11.8 Å². The van der Waals surface area contributed by atoms with Crippen LogP contribution >= 0.6 is 0 Å². The topological polar surface area (TPSA) is 231 Å². The molecular formula is C54H74N6O10. The lowest BCUT2D eigenvalue weighted by molar-refractivity contribution is -0.166. The lowest BCUT2D eigenvalue weighted by Crippen LogP contribution is -2.33. The molecule has 4 aromatic rings. The summed E-state index contributed by atoms with van der Waals surface area (Å²) in [4.78, 5) is 78.6. The number of rotatable bonds is 22. The third kappa shape index (κ3) is 20.2. The molecule has 0 bridgehead atoms. The molecule has 4 rings (SSSR count). The molecule has 0 saturated carbocycles. The van der Waals surface area contributed by atoms with E-state index in [2.05, 4.69) is 15.6 Å². The zero-order chi connectivity index (χ0) is 52.0. The monoisotopic (exact) mass is 967 g/mol. The highest BCUT2D eigenvalue weighted by atomic mass is 16.6. The van der Waals surface area contributed by atoms with E-state index >= 15 is 0 Å². The Morgan fingerprint density at radius 1 is 0.514 bits per heavy atom. The molecule has 0 amide bonds. The summed E-state index contributed by atoms with van der Waals surface area (Å²) < 4.78 is 22.3. The van der Waals surface area contributed by atoms with Crippen LogP contribution in [0.3, 0.4) is 0 Å². The van der Waals surface area contributed by atoms with Gasteiger partial charge in [0.05, 0.1) is 32.0 Å². The minimum absolute atomic E-state index is 0.0619. The third-order valence-corrected chi connectivity index (χ3v) is 10.2. The Morgan fingerprint density at radius 3 is 1.19 bits per heavy atom. The average Bonchev–Trinajstić information content (AvgIpc) is 3.25. The van der Waals surface area contributed by atoms with E-state index in [4.69, 9.17) is 34.6 Å². The quantitative estimate of drug-likeness (QED) is 0.0189. The first kappa shape index (κ1) is 56.0. The van der Waals surface area contributed by atoms with Crippen molar-refractivity contribution in [1.82, 2.24) is 15.0 Å². The number of carboxylic acid groups (broad SMARTS) is 1. The Balaban J connectivity index is 1.56. The first-order chi connectivity index (χ1) is 32.5. The molecule has 16 heteroatoms. The van der Waals surface area contributed by atoms with Crippen LogP contribution in [0, 0.1) is 33.5 Å². The van der Waals surface area contributed by atoms with Gasteiger partial charge in [-0.3, -0.25) is 19.2 Å². The van der Waals surface area contributed by atoms with Gasteiger partial charge in [0.1, 0.15) is 5.82 Å². The van der Waals surface area contributed by atoms with Gasteiger partial charge in [-0.1, -0.05) is 113 Å². The summed E-state index contributed by atoms with van der Waals surface area (Å²) in [6.07, 6.45) is 2.75. The molecule has 0 unspecified atom stereocenters. The third-order valence-electron chi connectivity index (χ3n) is 10.2. The highest BCUT2D eigenvalue weighted by Crippen LogP contribution is 2.25. The second-order valence-electron chi connectivity index (χ2n) is 22.7. The molecule has 1 heterocycles. The van der Waals surface area contributed by atoms with Crippen LogP contribution in [-0.4, -0.2) is 76.3 Å². The van der Waals surface area contributed by atoms with Gasteiger partial charge in [0, 0.05) is 23.5 Å². The van der Waals surface area contributed by atoms with Crippen LogP contribution in [0.2, 0.25) is 0 Å². The van der Waals surface area contributed by atoms with E-state index in [1.165, 1.54) is 6.07 Å². The first-order valence-electron chi connectivity index (χ1n) is 23.8. The Morgan fingerprint density at radius 2 is 0.857 bits per heavy atom. The van der Waals surface area contributed by atoms with Gasteiger partial charge < -0.3 is 40.4 Å². The Hall–Kier alpha value is -6.58. The molecular weight excluding hydrogens is 893 g/mol.